The Kier molecular flexibility index (Phi) is 4.92. The van der Waals surface area contributed by atoms with Gasteiger partial charge in [0.1, 0.15) is 11.7 Å². The van der Waals surface area contributed by atoms with E-state index in [1.807, 2.05) is 48.5 Å². The molecule has 0 radical (unpaired) electrons. The predicted molar refractivity (Wildman–Crippen MR) is 107 cm³/mol. The molecule has 134 valence electrons. The van der Waals surface area contributed by atoms with Gasteiger partial charge in [-0.05, 0) is 36.2 Å². The van der Waals surface area contributed by atoms with Gasteiger partial charge in [-0.2, -0.15) is 0 Å². The van der Waals surface area contributed by atoms with Crippen LogP contribution in [0.3, 0.4) is 0 Å². The number of amidine groups is 1. The van der Waals surface area contributed by atoms with E-state index in [4.69, 9.17) is 4.99 Å². The highest BCUT2D eigenvalue weighted by Crippen LogP contribution is 2.14. The van der Waals surface area contributed by atoms with Crippen LogP contribution in [0.5, 0.6) is 0 Å². The Balaban J connectivity index is 1.46. The number of carbonyl (C=O) groups excluding carboxylic acids is 1. The van der Waals surface area contributed by atoms with Crippen LogP contribution in [-0.2, 0) is 6.42 Å². The van der Waals surface area contributed by atoms with Crippen LogP contribution in [-0.4, -0.2) is 29.3 Å². The zero-order valence-corrected chi connectivity index (χ0v) is 14.8. The summed E-state index contributed by atoms with van der Waals surface area (Å²) in [5.41, 5.74) is 2.80. The van der Waals surface area contributed by atoms with Crippen LogP contribution < -0.4 is 10.6 Å². The van der Waals surface area contributed by atoms with Crippen LogP contribution >= 0.6 is 0 Å². The maximum Gasteiger partial charge on any atom is 0.256 e. The quantitative estimate of drug-likeness (QED) is 0.737. The van der Waals surface area contributed by atoms with E-state index >= 15 is 0 Å². The number of rotatable bonds is 5. The number of aliphatic imine (C=N–C) groups is 1. The highest BCUT2D eigenvalue weighted by Gasteiger charge is 2.19. The summed E-state index contributed by atoms with van der Waals surface area (Å²) in [5, 5.41) is 6.21. The number of nitrogens with zero attached hydrogens (tertiary/aromatic N) is 2. The molecule has 3 aromatic rings. The molecule has 2 N–H and O–H groups in total. The Hall–Kier alpha value is -3.47. The van der Waals surface area contributed by atoms with Crippen LogP contribution in [0.2, 0.25) is 0 Å². The fraction of sp³-hybridized carbons (Fsp3) is 0.136. The van der Waals surface area contributed by atoms with Gasteiger partial charge in [-0.15, -0.1) is 0 Å². The van der Waals surface area contributed by atoms with Crippen LogP contribution in [0.15, 0.2) is 84.0 Å². The van der Waals surface area contributed by atoms with E-state index in [9.17, 15) is 4.79 Å². The van der Waals surface area contributed by atoms with Gasteiger partial charge >= 0.3 is 0 Å². The lowest BCUT2D eigenvalue weighted by atomic mass is 10.1. The Morgan fingerprint density at radius 2 is 1.78 bits per heavy atom. The van der Waals surface area contributed by atoms with Crippen molar-refractivity contribution >= 4 is 17.6 Å². The molecule has 27 heavy (non-hydrogen) atoms. The third-order valence-corrected chi connectivity index (χ3v) is 4.44. The van der Waals surface area contributed by atoms with E-state index in [2.05, 4.69) is 27.8 Å². The molecule has 2 aromatic carbocycles. The number of benzene rings is 2. The van der Waals surface area contributed by atoms with E-state index in [1.54, 1.807) is 18.3 Å². The molecule has 0 fully saturated rings. The predicted octanol–water partition coefficient (Wildman–Crippen LogP) is 3.30. The molecular weight excluding hydrogens is 336 g/mol. The number of hydrogen-bond donors (Lipinski definition) is 2. The van der Waals surface area contributed by atoms with E-state index in [1.165, 1.54) is 5.56 Å². The maximum absolute atomic E-state index is 12.3. The average Bonchev–Trinajstić information content (AvgIpc) is 3.18. The molecule has 1 aromatic heterocycles. The van der Waals surface area contributed by atoms with Crippen LogP contribution in [0, 0.1) is 0 Å². The SMILES string of the molecule is O=C(Nc1cc(C2=NC(Cc3ccccc3)CN2)ccn1)c1ccccc1. The van der Waals surface area contributed by atoms with Gasteiger partial charge < -0.3 is 10.6 Å². The molecule has 1 amide bonds. The largest absolute Gasteiger partial charge is 0.368 e. The van der Waals surface area contributed by atoms with Gasteiger partial charge in [0.2, 0.25) is 0 Å². The number of anilines is 1. The molecule has 1 atom stereocenters. The highest BCUT2D eigenvalue weighted by atomic mass is 16.1. The fourth-order valence-electron chi connectivity index (χ4n) is 3.09. The van der Waals surface area contributed by atoms with Gasteiger partial charge in [-0.1, -0.05) is 48.5 Å². The summed E-state index contributed by atoms with van der Waals surface area (Å²) in [6.07, 6.45) is 2.59. The molecule has 5 heteroatoms. The number of carbonyl (C=O) groups is 1. The normalized spacial score (nSPS) is 15.7. The monoisotopic (exact) mass is 356 g/mol. The summed E-state index contributed by atoms with van der Waals surface area (Å²) in [7, 11) is 0. The zero-order chi connectivity index (χ0) is 18.5. The molecule has 5 nitrogen and oxygen atoms in total. The maximum atomic E-state index is 12.3. The Morgan fingerprint density at radius 3 is 2.56 bits per heavy atom. The summed E-state index contributed by atoms with van der Waals surface area (Å²) >= 11 is 0. The molecule has 1 aliphatic rings. The number of nitrogens with one attached hydrogen (secondary N) is 2. The van der Waals surface area contributed by atoms with Crippen molar-refractivity contribution in [2.75, 3.05) is 11.9 Å². The van der Waals surface area contributed by atoms with Gasteiger partial charge in [0.25, 0.3) is 5.91 Å². The second-order valence-corrected chi connectivity index (χ2v) is 6.45. The Labute approximate surface area is 158 Å². The topological polar surface area (TPSA) is 66.4 Å². The smallest absolute Gasteiger partial charge is 0.256 e. The first-order valence-electron chi connectivity index (χ1n) is 8.96. The van der Waals surface area contributed by atoms with Gasteiger partial charge in [0, 0.05) is 23.9 Å². The second-order valence-electron chi connectivity index (χ2n) is 6.45. The molecule has 0 bridgehead atoms. The number of hydrogen-bond acceptors (Lipinski definition) is 4. The van der Waals surface area contributed by atoms with E-state index < -0.39 is 0 Å². The Morgan fingerprint density at radius 1 is 1.04 bits per heavy atom. The number of pyridine rings is 1. The number of aromatic nitrogens is 1. The lowest BCUT2D eigenvalue weighted by molar-refractivity contribution is 0.102. The van der Waals surface area contributed by atoms with Gasteiger partial charge in [0.05, 0.1) is 6.04 Å². The van der Waals surface area contributed by atoms with Crippen LogP contribution in [0.4, 0.5) is 5.82 Å². The van der Waals surface area contributed by atoms with Gasteiger partial charge in [-0.25, -0.2) is 4.98 Å². The zero-order valence-electron chi connectivity index (χ0n) is 14.8. The first-order chi connectivity index (χ1) is 13.3. The van der Waals surface area contributed by atoms with Crippen molar-refractivity contribution < 1.29 is 4.79 Å². The van der Waals surface area contributed by atoms with Crippen LogP contribution in [0.1, 0.15) is 21.5 Å². The summed E-state index contributed by atoms with van der Waals surface area (Å²) < 4.78 is 0. The molecule has 1 unspecified atom stereocenters. The third kappa shape index (κ3) is 4.20. The van der Waals surface area contributed by atoms with Crippen molar-refractivity contribution in [2.45, 2.75) is 12.5 Å². The van der Waals surface area contributed by atoms with Crippen molar-refractivity contribution in [3.8, 4) is 0 Å². The molecule has 0 spiro atoms. The second kappa shape index (κ2) is 7.83. The summed E-state index contributed by atoms with van der Waals surface area (Å²) in [6.45, 7) is 0.804. The molecule has 4 rings (SSSR count). The van der Waals surface area contributed by atoms with Crippen molar-refractivity contribution in [3.05, 3.63) is 95.7 Å². The van der Waals surface area contributed by atoms with Crippen molar-refractivity contribution in [2.24, 2.45) is 4.99 Å². The Bertz CT molecular complexity index is 954. The first-order valence-corrected chi connectivity index (χ1v) is 8.96. The minimum absolute atomic E-state index is 0.177. The molecule has 1 aliphatic heterocycles. The third-order valence-electron chi connectivity index (χ3n) is 4.44. The van der Waals surface area contributed by atoms with Crippen molar-refractivity contribution in [1.29, 1.82) is 0 Å². The van der Waals surface area contributed by atoms with Crippen molar-refractivity contribution in [1.82, 2.24) is 10.3 Å². The molecule has 0 saturated heterocycles. The molecule has 2 heterocycles. The standard InChI is InChI=1S/C22H20N4O/c27-22(17-9-5-2-6-10-17)26-20-14-18(11-12-23-20)21-24-15-19(25-21)13-16-7-3-1-4-8-16/h1-12,14,19H,13,15H2,(H,24,25)(H,23,26,27). The molecule has 0 saturated carbocycles. The van der Waals surface area contributed by atoms with Crippen molar-refractivity contribution in [3.63, 3.8) is 0 Å². The highest BCUT2D eigenvalue weighted by molar-refractivity contribution is 6.05. The molecular formula is C22H20N4O. The van der Waals surface area contributed by atoms with E-state index in [-0.39, 0.29) is 11.9 Å². The van der Waals surface area contributed by atoms with Crippen LogP contribution in [0.25, 0.3) is 0 Å². The minimum atomic E-state index is -0.177. The van der Waals surface area contributed by atoms with E-state index in [0.717, 1.165) is 24.4 Å². The summed E-state index contributed by atoms with van der Waals surface area (Å²) in [5.74, 6) is 1.18. The number of amides is 1. The summed E-state index contributed by atoms with van der Waals surface area (Å²) in [6, 6.07) is 23.4. The average molecular weight is 356 g/mol. The van der Waals surface area contributed by atoms with Gasteiger partial charge in [0.15, 0.2) is 0 Å². The lowest BCUT2D eigenvalue weighted by Crippen LogP contribution is -2.23. The minimum Gasteiger partial charge on any atom is -0.368 e. The lowest BCUT2D eigenvalue weighted by Gasteiger charge is -2.07. The fourth-order valence-corrected chi connectivity index (χ4v) is 3.09. The first kappa shape index (κ1) is 17.0. The van der Waals surface area contributed by atoms with E-state index in [0.29, 0.717) is 11.4 Å². The van der Waals surface area contributed by atoms with Gasteiger partial charge in [-0.3, -0.25) is 9.79 Å². The summed E-state index contributed by atoms with van der Waals surface area (Å²) in [4.78, 5) is 21.4. The molecule has 0 aliphatic carbocycles.